The summed E-state index contributed by atoms with van der Waals surface area (Å²) >= 11 is 0. The molecule has 0 saturated heterocycles. The number of nitrogens with zero attached hydrogens (tertiary/aromatic N) is 2. The fraction of sp³-hybridized carbons (Fsp3) is 0.556. The molecule has 5 nitrogen and oxygen atoms in total. The Morgan fingerprint density at radius 3 is 3.09 bits per heavy atom. The van der Waals surface area contributed by atoms with Crippen LogP contribution in [0.3, 0.4) is 0 Å². The van der Waals surface area contributed by atoms with Crippen molar-refractivity contribution in [2.75, 3.05) is 0 Å². The molecule has 2 aliphatic carbocycles. The molecule has 1 fully saturated rings. The summed E-state index contributed by atoms with van der Waals surface area (Å²) in [6, 6.07) is 2.05. The van der Waals surface area contributed by atoms with E-state index in [-0.39, 0.29) is 11.9 Å². The lowest BCUT2D eigenvalue weighted by Crippen LogP contribution is -2.31. The van der Waals surface area contributed by atoms with Crippen LogP contribution in [-0.2, 0) is 13.0 Å². The monoisotopic (exact) mass is 313 g/mol. The van der Waals surface area contributed by atoms with Gasteiger partial charge in [0.1, 0.15) is 5.76 Å². The summed E-state index contributed by atoms with van der Waals surface area (Å²) in [4.78, 5) is 12.8. The Labute approximate surface area is 136 Å². The Balaban J connectivity index is 1.56. The van der Waals surface area contributed by atoms with Crippen LogP contribution in [0.5, 0.6) is 0 Å². The maximum Gasteiger partial charge on any atom is 0.255 e. The van der Waals surface area contributed by atoms with E-state index in [2.05, 4.69) is 17.3 Å². The van der Waals surface area contributed by atoms with Gasteiger partial charge in [0.2, 0.25) is 0 Å². The van der Waals surface area contributed by atoms with Gasteiger partial charge >= 0.3 is 0 Å². The van der Waals surface area contributed by atoms with Gasteiger partial charge < -0.3 is 9.73 Å². The van der Waals surface area contributed by atoms with Crippen molar-refractivity contribution in [3.8, 4) is 0 Å². The van der Waals surface area contributed by atoms with Gasteiger partial charge in [-0.3, -0.25) is 9.48 Å². The van der Waals surface area contributed by atoms with E-state index in [1.807, 2.05) is 10.7 Å². The number of rotatable bonds is 5. The third-order valence-corrected chi connectivity index (χ3v) is 4.88. The predicted molar refractivity (Wildman–Crippen MR) is 86.3 cm³/mol. The fourth-order valence-corrected chi connectivity index (χ4v) is 3.62. The van der Waals surface area contributed by atoms with Gasteiger partial charge in [0.25, 0.3) is 5.91 Å². The molecule has 0 aromatic carbocycles. The van der Waals surface area contributed by atoms with Crippen LogP contribution in [0, 0.1) is 0 Å². The zero-order chi connectivity index (χ0) is 15.8. The number of fused-ring (bicyclic) bond motifs is 1. The largest absolute Gasteiger partial charge is 0.469 e. The molecule has 1 N–H and O–H groups in total. The third-order valence-electron chi connectivity index (χ3n) is 4.88. The number of furan rings is 1. The van der Waals surface area contributed by atoms with Gasteiger partial charge in [-0.25, -0.2) is 0 Å². The first kappa shape index (κ1) is 14.5. The minimum atomic E-state index is 0.00769. The SMILES string of the molecule is CCCn1ncc(C(=O)NC2CCCc3occc32)c1C1CC1. The van der Waals surface area contributed by atoms with Crippen LogP contribution < -0.4 is 5.32 Å². The van der Waals surface area contributed by atoms with Crippen molar-refractivity contribution < 1.29 is 9.21 Å². The summed E-state index contributed by atoms with van der Waals surface area (Å²) in [5.74, 6) is 1.54. The molecular formula is C18H23N3O2. The number of nitrogens with one attached hydrogen (secondary N) is 1. The van der Waals surface area contributed by atoms with Gasteiger partial charge in [0.05, 0.1) is 29.8 Å². The maximum atomic E-state index is 12.8. The van der Waals surface area contributed by atoms with E-state index in [0.717, 1.165) is 54.8 Å². The first-order chi connectivity index (χ1) is 11.3. The standard InChI is InChI=1S/C18H23N3O2/c1-2-9-21-17(12-6-7-12)14(11-19-21)18(22)20-15-4-3-5-16-13(15)8-10-23-16/h8,10-12,15H,2-7,9H2,1H3,(H,20,22). The molecule has 0 bridgehead atoms. The number of aromatic nitrogens is 2. The Kier molecular flexibility index (Phi) is 3.71. The van der Waals surface area contributed by atoms with Crippen molar-refractivity contribution in [3.05, 3.63) is 41.1 Å². The topological polar surface area (TPSA) is 60.1 Å². The number of hydrogen-bond donors (Lipinski definition) is 1. The third kappa shape index (κ3) is 2.69. The number of amides is 1. The van der Waals surface area contributed by atoms with Crippen molar-refractivity contribution >= 4 is 5.91 Å². The number of aryl methyl sites for hydroxylation is 2. The van der Waals surface area contributed by atoms with Crippen LogP contribution in [0.15, 0.2) is 22.9 Å². The van der Waals surface area contributed by atoms with E-state index >= 15 is 0 Å². The second-order valence-corrected chi connectivity index (χ2v) is 6.66. The van der Waals surface area contributed by atoms with Crippen LogP contribution in [-0.4, -0.2) is 15.7 Å². The predicted octanol–water partition coefficient (Wildman–Crippen LogP) is 3.57. The second-order valence-electron chi connectivity index (χ2n) is 6.66. The molecule has 2 heterocycles. The highest BCUT2D eigenvalue weighted by molar-refractivity contribution is 5.95. The number of carbonyl (C=O) groups excluding carboxylic acids is 1. The average molecular weight is 313 g/mol. The smallest absolute Gasteiger partial charge is 0.255 e. The summed E-state index contributed by atoms with van der Waals surface area (Å²) in [7, 11) is 0. The van der Waals surface area contributed by atoms with Crippen LogP contribution in [0.4, 0.5) is 0 Å². The van der Waals surface area contributed by atoms with Crippen LogP contribution in [0.2, 0.25) is 0 Å². The quantitative estimate of drug-likeness (QED) is 0.918. The first-order valence-electron chi connectivity index (χ1n) is 8.70. The molecule has 2 aliphatic rings. The van der Waals surface area contributed by atoms with Gasteiger partial charge in [-0.1, -0.05) is 6.92 Å². The Bertz CT molecular complexity index is 712. The van der Waals surface area contributed by atoms with Gasteiger partial charge in [0, 0.05) is 24.4 Å². The summed E-state index contributed by atoms with van der Waals surface area (Å²) < 4.78 is 7.54. The van der Waals surface area contributed by atoms with Crippen LogP contribution in [0.25, 0.3) is 0 Å². The molecule has 0 radical (unpaired) electrons. The van der Waals surface area contributed by atoms with Gasteiger partial charge in [-0.2, -0.15) is 5.10 Å². The Morgan fingerprint density at radius 2 is 2.30 bits per heavy atom. The molecule has 1 saturated carbocycles. The van der Waals surface area contributed by atoms with Crippen molar-refractivity contribution in [1.82, 2.24) is 15.1 Å². The van der Waals surface area contributed by atoms with Gasteiger partial charge in [-0.05, 0) is 38.2 Å². The highest BCUT2D eigenvalue weighted by atomic mass is 16.3. The van der Waals surface area contributed by atoms with Gasteiger partial charge in [-0.15, -0.1) is 0 Å². The van der Waals surface area contributed by atoms with Crippen molar-refractivity contribution in [1.29, 1.82) is 0 Å². The normalized spacial score (nSPS) is 20.3. The lowest BCUT2D eigenvalue weighted by Gasteiger charge is -2.22. The summed E-state index contributed by atoms with van der Waals surface area (Å²) in [6.07, 6.45) is 9.84. The molecule has 2 aromatic heterocycles. The second kappa shape index (κ2) is 5.87. The van der Waals surface area contributed by atoms with Crippen LogP contribution >= 0.6 is 0 Å². The van der Waals surface area contributed by atoms with E-state index in [1.165, 1.54) is 12.8 Å². The molecular weight excluding hydrogens is 290 g/mol. The van der Waals surface area contributed by atoms with Crippen molar-refractivity contribution in [2.24, 2.45) is 0 Å². The minimum absolute atomic E-state index is 0.00769. The summed E-state index contributed by atoms with van der Waals surface area (Å²) in [6.45, 7) is 3.02. The zero-order valence-electron chi connectivity index (χ0n) is 13.5. The summed E-state index contributed by atoms with van der Waals surface area (Å²) in [5, 5.41) is 7.66. The molecule has 1 amide bonds. The molecule has 1 atom stereocenters. The lowest BCUT2D eigenvalue weighted by atomic mass is 9.93. The Morgan fingerprint density at radius 1 is 1.43 bits per heavy atom. The van der Waals surface area contributed by atoms with E-state index in [0.29, 0.717) is 5.92 Å². The van der Waals surface area contributed by atoms with E-state index in [4.69, 9.17) is 4.42 Å². The van der Waals surface area contributed by atoms with E-state index in [1.54, 1.807) is 12.5 Å². The highest BCUT2D eigenvalue weighted by Crippen LogP contribution is 2.42. The minimum Gasteiger partial charge on any atom is -0.469 e. The maximum absolute atomic E-state index is 12.8. The highest BCUT2D eigenvalue weighted by Gasteiger charge is 2.33. The number of carbonyl (C=O) groups is 1. The molecule has 2 aromatic rings. The van der Waals surface area contributed by atoms with Crippen molar-refractivity contribution in [2.45, 2.75) is 64.0 Å². The molecule has 0 aliphatic heterocycles. The molecule has 122 valence electrons. The fourth-order valence-electron chi connectivity index (χ4n) is 3.62. The zero-order valence-corrected chi connectivity index (χ0v) is 13.5. The summed E-state index contributed by atoms with van der Waals surface area (Å²) in [5.41, 5.74) is 3.03. The number of hydrogen-bond acceptors (Lipinski definition) is 3. The molecule has 23 heavy (non-hydrogen) atoms. The average Bonchev–Trinajstić information content (AvgIpc) is 3.10. The van der Waals surface area contributed by atoms with E-state index in [9.17, 15) is 4.79 Å². The first-order valence-corrected chi connectivity index (χ1v) is 8.70. The van der Waals surface area contributed by atoms with Crippen LogP contribution in [0.1, 0.15) is 78.4 Å². The molecule has 4 rings (SSSR count). The lowest BCUT2D eigenvalue weighted by molar-refractivity contribution is 0.0931. The van der Waals surface area contributed by atoms with Gasteiger partial charge in [0.15, 0.2) is 0 Å². The molecule has 5 heteroatoms. The Hall–Kier alpha value is -2.04. The molecule has 0 spiro atoms. The molecule has 1 unspecified atom stereocenters. The van der Waals surface area contributed by atoms with E-state index < -0.39 is 0 Å². The van der Waals surface area contributed by atoms with Crippen molar-refractivity contribution in [3.63, 3.8) is 0 Å².